The molecule has 0 radical (unpaired) electrons. The van der Waals surface area contributed by atoms with Gasteiger partial charge in [-0.2, -0.15) is 5.26 Å². The zero-order valence-corrected chi connectivity index (χ0v) is 10.9. The lowest BCUT2D eigenvalue weighted by Crippen LogP contribution is -1.91. The van der Waals surface area contributed by atoms with Gasteiger partial charge in [0.1, 0.15) is 11.9 Å². The minimum atomic E-state index is -0.443. The second-order valence-corrected chi connectivity index (χ2v) is 4.40. The van der Waals surface area contributed by atoms with E-state index in [4.69, 9.17) is 11.6 Å². The number of nitrogens with zero attached hydrogens (tertiary/aromatic N) is 2. The van der Waals surface area contributed by atoms with Gasteiger partial charge in [0.05, 0.1) is 10.6 Å². The molecule has 0 unspecified atom stereocenters. The molecule has 0 bridgehead atoms. The van der Waals surface area contributed by atoms with Gasteiger partial charge in [-0.15, -0.1) is 0 Å². The summed E-state index contributed by atoms with van der Waals surface area (Å²) < 4.78 is 13.9. The van der Waals surface area contributed by atoms with Crippen molar-refractivity contribution >= 4 is 22.2 Å². The van der Waals surface area contributed by atoms with Crippen molar-refractivity contribution in [3.8, 4) is 6.07 Å². The lowest BCUT2D eigenvalue weighted by Gasteiger charge is -2.06. The van der Waals surface area contributed by atoms with Gasteiger partial charge in [0.25, 0.3) is 0 Å². The van der Waals surface area contributed by atoms with E-state index < -0.39 is 5.82 Å². The zero-order valence-electron chi connectivity index (χ0n) is 10.2. The Labute approximate surface area is 115 Å². The number of hydrogen-bond acceptors (Lipinski definition) is 2. The SMILES string of the molecule is Cc1ccc(/C(Cl)=C(/C#N)c2cccnc2)c(F)c1. The van der Waals surface area contributed by atoms with Crippen LogP contribution in [0.2, 0.25) is 0 Å². The average molecular weight is 273 g/mol. The van der Waals surface area contributed by atoms with Crippen LogP contribution in [0.1, 0.15) is 16.7 Å². The van der Waals surface area contributed by atoms with Crippen molar-refractivity contribution in [1.29, 1.82) is 5.26 Å². The largest absolute Gasteiger partial charge is 0.264 e. The number of aromatic nitrogens is 1. The summed E-state index contributed by atoms with van der Waals surface area (Å²) in [5.41, 5.74) is 1.78. The van der Waals surface area contributed by atoms with Gasteiger partial charge >= 0.3 is 0 Å². The van der Waals surface area contributed by atoms with Crippen molar-refractivity contribution in [1.82, 2.24) is 4.98 Å². The second-order valence-electron chi connectivity index (χ2n) is 4.03. The van der Waals surface area contributed by atoms with E-state index in [1.54, 1.807) is 37.4 Å². The molecule has 0 aliphatic heterocycles. The van der Waals surface area contributed by atoms with Crippen LogP contribution in [0.25, 0.3) is 10.6 Å². The average Bonchev–Trinajstić information content (AvgIpc) is 2.40. The summed E-state index contributed by atoms with van der Waals surface area (Å²) in [4.78, 5) is 3.93. The van der Waals surface area contributed by atoms with Crippen LogP contribution in [-0.2, 0) is 0 Å². The maximum absolute atomic E-state index is 13.9. The summed E-state index contributed by atoms with van der Waals surface area (Å²) in [5.74, 6) is -0.443. The molecule has 0 N–H and O–H groups in total. The minimum absolute atomic E-state index is 0.0907. The molecular weight excluding hydrogens is 263 g/mol. The van der Waals surface area contributed by atoms with Crippen LogP contribution in [-0.4, -0.2) is 4.98 Å². The van der Waals surface area contributed by atoms with Gasteiger partial charge in [-0.25, -0.2) is 4.39 Å². The molecule has 1 heterocycles. The maximum Gasteiger partial charge on any atom is 0.132 e. The van der Waals surface area contributed by atoms with Gasteiger partial charge in [0.2, 0.25) is 0 Å². The second kappa shape index (κ2) is 5.64. The Morgan fingerprint density at radius 3 is 2.74 bits per heavy atom. The standard InChI is InChI=1S/C15H10ClFN2/c1-10-4-5-12(14(17)7-10)15(16)13(8-18)11-3-2-6-19-9-11/h2-7,9H,1H3/b15-13+. The van der Waals surface area contributed by atoms with Crippen molar-refractivity contribution in [2.45, 2.75) is 6.92 Å². The van der Waals surface area contributed by atoms with Gasteiger partial charge < -0.3 is 0 Å². The summed E-state index contributed by atoms with van der Waals surface area (Å²) in [6, 6.07) is 10.1. The summed E-state index contributed by atoms with van der Waals surface area (Å²) >= 11 is 6.15. The smallest absolute Gasteiger partial charge is 0.132 e. The Morgan fingerprint density at radius 1 is 1.37 bits per heavy atom. The fourth-order valence-corrected chi connectivity index (χ4v) is 1.99. The van der Waals surface area contributed by atoms with E-state index in [0.29, 0.717) is 5.56 Å². The van der Waals surface area contributed by atoms with E-state index in [0.717, 1.165) is 5.56 Å². The number of pyridine rings is 1. The fraction of sp³-hybridized carbons (Fsp3) is 0.0667. The Hall–Kier alpha value is -2.18. The topological polar surface area (TPSA) is 36.7 Å². The number of rotatable bonds is 2. The number of allylic oxidation sites excluding steroid dienone is 1. The van der Waals surface area contributed by atoms with Crippen molar-refractivity contribution < 1.29 is 4.39 Å². The molecule has 19 heavy (non-hydrogen) atoms. The molecule has 0 saturated heterocycles. The molecule has 0 saturated carbocycles. The van der Waals surface area contributed by atoms with Crippen molar-refractivity contribution in [2.24, 2.45) is 0 Å². The number of hydrogen-bond donors (Lipinski definition) is 0. The third-order valence-corrected chi connectivity index (χ3v) is 3.04. The number of halogens is 2. The lowest BCUT2D eigenvalue weighted by atomic mass is 10.0. The van der Waals surface area contributed by atoms with Crippen LogP contribution < -0.4 is 0 Å². The molecule has 2 nitrogen and oxygen atoms in total. The van der Waals surface area contributed by atoms with Gasteiger partial charge in [-0.05, 0) is 24.6 Å². The Balaban J connectivity index is 2.59. The Morgan fingerprint density at radius 2 is 2.16 bits per heavy atom. The van der Waals surface area contributed by atoms with Crippen molar-refractivity contribution in [3.63, 3.8) is 0 Å². The van der Waals surface area contributed by atoms with E-state index in [1.165, 1.54) is 12.3 Å². The first kappa shape index (κ1) is 13.3. The van der Waals surface area contributed by atoms with E-state index in [9.17, 15) is 9.65 Å². The Kier molecular flexibility index (Phi) is 3.94. The van der Waals surface area contributed by atoms with E-state index in [2.05, 4.69) is 4.98 Å². The summed E-state index contributed by atoms with van der Waals surface area (Å²) in [6.07, 6.45) is 3.12. The highest BCUT2D eigenvalue weighted by Gasteiger charge is 2.13. The summed E-state index contributed by atoms with van der Waals surface area (Å²) in [7, 11) is 0. The van der Waals surface area contributed by atoms with E-state index in [1.807, 2.05) is 6.07 Å². The molecule has 0 aliphatic carbocycles. The maximum atomic E-state index is 13.9. The molecule has 1 aromatic heterocycles. The predicted octanol–water partition coefficient (Wildman–Crippen LogP) is 4.16. The van der Waals surface area contributed by atoms with Crippen LogP contribution in [0.15, 0.2) is 42.7 Å². The lowest BCUT2D eigenvalue weighted by molar-refractivity contribution is 0.623. The van der Waals surface area contributed by atoms with Gasteiger partial charge in [-0.1, -0.05) is 29.8 Å². The molecule has 1 aromatic carbocycles. The van der Waals surface area contributed by atoms with Gasteiger partial charge in [0.15, 0.2) is 0 Å². The predicted molar refractivity (Wildman–Crippen MR) is 73.7 cm³/mol. The molecule has 0 spiro atoms. The van der Waals surface area contributed by atoms with Gasteiger partial charge in [0, 0.05) is 23.5 Å². The first-order valence-electron chi connectivity index (χ1n) is 5.60. The van der Waals surface area contributed by atoms with Crippen LogP contribution in [0.3, 0.4) is 0 Å². The van der Waals surface area contributed by atoms with Crippen LogP contribution in [0, 0.1) is 24.1 Å². The minimum Gasteiger partial charge on any atom is -0.264 e. The molecule has 0 fully saturated rings. The molecule has 2 aromatic rings. The van der Waals surface area contributed by atoms with Crippen LogP contribution in [0.5, 0.6) is 0 Å². The molecule has 2 rings (SSSR count). The highest BCUT2D eigenvalue weighted by molar-refractivity contribution is 6.53. The third-order valence-electron chi connectivity index (χ3n) is 2.64. The normalized spacial score (nSPS) is 11.7. The molecule has 0 atom stereocenters. The van der Waals surface area contributed by atoms with Crippen LogP contribution >= 0.6 is 11.6 Å². The van der Waals surface area contributed by atoms with E-state index in [-0.39, 0.29) is 16.2 Å². The van der Waals surface area contributed by atoms with Gasteiger partial charge in [-0.3, -0.25) is 4.98 Å². The van der Waals surface area contributed by atoms with E-state index >= 15 is 0 Å². The summed E-state index contributed by atoms with van der Waals surface area (Å²) in [6.45, 7) is 1.79. The Bertz CT molecular complexity index is 672. The first-order chi connectivity index (χ1) is 9.13. The van der Waals surface area contributed by atoms with Crippen molar-refractivity contribution in [2.75, 3.05) is 0 Å². The molecule has 0 amide bonds. The highest BCUT2D eigenvalue weighted by atomic mass is 35.5. The molecule has 94 valence electrons. The molecular formula is C15H10ClFN2. The third kappa shape index (κ3) is 2.81. The highest BCUT2D eigenvalue weighted by Crippen LogP contribution is 2.30. The number of nitriles is 1. The monoisotopic (exact) mass is 272 g/mol. The zero-order chi connectivity index (χ0) is 13.8. The quantitative estimate of drug-likeness (QED) is 0.770. The number of aryl methyl sites for hydroxylation is 1. The molecule has 0 aliphatic rings. The van der Waals surface area contributed by atoms with Crippen molar-refractivity contribution in [3.05, 3.63) is 65.2 Å². The summed E-state index contributed by atoms with van der Waals surface area (Å²) in [5, 5.41) is 9.30. The molecule has 4 heteroatoms. The van der Waals surface area contributed by atoms with Crippen LogP contribution in [0.4, 0.5) is 4.39 Å². The fourth-order valence-electron chi connectivity index (χ4n) is 1.68. The number of benzene rings is 1. The first-order valence-corrected chi connectivity index (χ1v) is 5.98.